The first kappa shape index (κ1) is 13.5. The molecule has 0 radical (unpaired) electrons. The molecule has 0 N–H and O–H groups in total. The molecule has 1 atom stereocenters. The summed E-state index contributed by atoms with van der Waals surface area (Å²) in [6, 6.07) is 7.47. The summed E-state index contributed by atoms with van der Waals surface area (Å²) in [7, 11) is 0. The van der Waals surface area contributed by atoms with E-state index in [1.807, 2.05) is 31.2 Å². The number of likely N-dealkylation sites (tertiary alicyclic amines) is 1. The van der Waals surface area contributed by atoms with E-state index >= 15 is 0 Å². The van der Waals surface area contributed by atoms with Crippen molar-refractivity contribution >= 4 is 34.3 Å². The number of hydrogen-bond acceptors (Lipinski definition) is 2. The van der Waals surface area contributed by atoms with Crippen molar-refractivity contribution in [2.24, 2.45) is 5.92 Å². The van der Waals surface area contributed by atoms with E-state index in [1.54, 1.807) is 4.90 Å². The molecule has 1 aromatic carbocycles. The Hall–Kier alpha value is -0.910. The minimum Gasteiger partial charge on any atom is -0.335 e. The molecule has 1 unspecified atom stereocenters. The Morgan fingerprint density at radius 3 is 2.72 bits per heavy atom. The summed E-state index contributed by atoms with van der Waals surface area (Å²) in [5.74, 6) is 0.192. The van der Waals surface area contributed by atoms with Gasteiger partial charge in [0.1, 0.15) is 0 Å². The van der Waals surface area contributed by atoms with Crippen LogP contribution in [0.1, 0.15) is 30.1 Å². The van der Waals surface area contributed by atoms with Crippen molar-refractivity contribution in [2.45, 2.75) is 19.8 Å². The summed E-state index contributed by atoms with van der Waals surface area (Å²) in [6.45, 7) is 2.85. The largest absolute Gasteiger partial charge is 0.335 e. The van der Waals surface area contributed by atoms with Gasteiger partial charge in [0.15, 0.2) is 5.78 Å². The first-order chi connectivity index (χ1) is 8.58. The second-order valence-corrected chi connectivity index (χ2v) is 5.98. The zero-order chi connectivity index (χ0) is 13.1. The predicted octanol–water partition coefficient (Wildman–Crippen LogP) is 2.73. The smallest absolute Gasteiger partial charge is 0.225 e. The van der Waals surface area contributed by atoms with Crippen LogP contribution in [-0.4, -0.2) is 29.7 Å². The quantitative estimate of drug-likeness (QED) is 0.616. The number of hydrogen-bond donors (Lipinski definition) is 0. The van der Waals surface area contributed by atoms with Crippen LogP contribution in [-0.2, 0) is 4.79 Å². The third-order valence-electron chi connectivity index (χ3n) is 3.30. The molecule has 0 spiro atoms. The maximum atomic E-state index is 12.1. The summed E-state index contributed by atoms with van der Waals surface area (Å²) in [5, 5.41) is 0. The van der Waals surface area contributed by atoms with E-state index in [-0.39, 0.29) is 24.2 Å². The number of benzene rings is 1. The molecule has 0 aromatic heterocycles. The number of nitrogens with zero attached hydrogens (tertiary/aromatic N) is 1. The van der Waals surface area contributed by atoms with Crippen molar-refractivity contribution in [3.05, 3.63) is 33.4 Å². The molecule has 0 bridgehead atoms. The Bertz CT molecular complexity index is 455. The molecule has 1 aliphatic heterocycles. The molecule has 1 aromatic rings. The van der Waals surface area contributed by atoms with Crippen LogP contribution in [0, 0.1) is 9.49 Å². The minimum atomic E-state index is 0.0221. The highest BCUT2D eigenvalue weighted by atomic mass is 127. The third kappa shape index (κ3) is 3.10. The Morgan fingerprint density at radius 1 is 1.39 bits per heavy atom. The summed E-state index contributed by atoms with van der Waals surface area (Å²) >= 11 is 2.21. The topological polar surface area (TPSA) is 37.4 Å². The zero-order valence-corrected chi connectivity index (χ0v) is 12.5. The van der Waals surface area contributed by atoms with E-state index in [4.69, 9.17) is 0 Å². The number of piperidine rings is 1. The van der Waals surface area contributed by atoms with E-state index in [0.29, 0.717) is 12.1 Å². The van der Waals surface area contributed by atoms with Gasteiger partial charge in [-0.05, 0) is 47.6 Å². The maximum absolute atomic E-state index is 12.1. The molecule has 96 valence electrons. The van der Waals surface area contributed by atoms with Gasteiger partial charge in [0.25, 0.3) is 0 Å². The highest BCUT2D eigenvalue weighted by Crippen LogP contribution is 2.17. The molecule has 2 rings (SSSR count). The van der Waals surface area contributed by atoms with Gasteiger partial charge in [-0.2, -0.15) is 0 Å². The maximum Gasteiger partial charge on any atom is 0.225 e. The average molecular weight is 357 g/mol. The molecule has 1 fully saturated rings. The van der Waals surface area contributed by atoms with Gasteiger partial charge in [-0.3, -0.25) is 9.59 Å². The number of carbonyl (C=O) groups is 2. The van der Waals surface area contributed by atoms with Crippen LogP contribution in [0.15, 0.2) is 24.3 Å². The van der Waals surface area contributed by atoms with Gasteiger partial charge >= 0.3 is 0 Å². The molecule has 3 nitrogen and oxygen atoms in total. The van der Waals surface area contributed by atoms with Crippen molar-refractivity contribution in [3.63, 3.8) is 0 Å². The van der Waals surface area contributed by atoms with Gasteiger partial charge < -0.3 is 4.90 Å². The Morgan fingerprint density at radius 2 is 2.06 bits per heavy atom. The fourth-order valence-electron chi connectivity index (χ4n) is 2.19. The van der Waals surface area contributed by atoms with Crippen LogP contribution < -0.4 is 0 Å². The summed E-state index contributed by atoms with van der Waals surface area (Å²) in [4.78, 5) is 25.7. The van der Waals surface area contributed by atoms with E-state index in [1.165, 1.54) is 0 Å². The monoisotopic (exact) mass is 357 g/mol. The number of Topliss-reactive ketones (excluding diaryl/α,β-unsaturated/α-hetero) is 1. The number of amides is 1. The van der Waals surface area contributed by atoms with Crippen molar-refractivity contribution in [3.8, 4) is 0 Å². The molecule has 1 amide bonds. The molecular weight excluding hydrogens is 341 g/mol. The molecule has 0 aliphatic carbocycles. The number of ketones is 1. The van der Waals surface area contributed by atoms with E-state index < -0.39 is 0 Å². The van der Waals surface area contributed by atoms with Gasteiger partial charge in [0, 0.05) is 21.6 Å². The lowest BCUT2D eigenvalue weighted by molar-refractivity contribution is -0.137. The average Bonchev–Trinajstić information content (AvgIpc) is 2.36. The van der Waals surface area contributed by atoms with Crippen molar-refractivity contribution < 1.29 is 9.59 Å². The molecular formula is C14H16INO2. The zero-order valence-electron chi connectivity index (χ0n) is 10.4. The van der Waals surface area contributed by atoms with Crippen LogP contribution in [0.25, 0.3) is 0 Å². The van der Waals surface area contributed by atoms with Crippen molar-refractivity contribution in [1.29, 1.82) is 0 Å². The molecule has 1 aliphatic rings. The lowest BCUT2D eigenvalue weighted by Gasteiger charge is -2.30. The fourth-order valence-corrected chi connectivity index (χ4v) is 2.55. The van der Waals surface area contributed by atoms with Crippen LogP contribution in [0.3, 0.4) is 0 Å². The number of carbonyl (C=O) groups excluding carboxylic acids is 2. The van der Waals surface area contributed by atoms with E-state index in [9.17, 15) is 9.59 Å². The number of halogens is 1. The summed E-state index contributed by atoms with van der Waals surface area (Å²) in [5.41, 5.74) is 0.682. The van der Waals surface area contributed by atoms with E-state index in [2.05, 4.69) is 22.6 Å². The standard InChI is InChI=1S/C14H16INO2/c1-10-3-2-8-16(14(10)18)9-13(17)11-4-6-12(15)7-5-11/h4-7,10H,2-3,8-9H2,1H3. The van der Waals surface area contributed by atoms with Crippen LogP contribution in [0.5, 0.6) is 0 Å². The van der Waals surface area contributed by atoms with Crippen molar-refractivity contribution in [2.75, 3.05) is 13.1 Å². The first-order valence-corrected chi connectivity index (χ1v) is 7.23. The van der Waals surface area contributed by atoms with Crippen LogP contribution in [0.2, 0.25) is 0 Å². The van der Waals surface area contributed by atoms with Crippen LogP contribution in [0.4, 0.5) is 0 Å². The van der Waals surface area contributed by atoms with Gasteiger partial charge in [-0.1, -0.05) is 19.1 Å². The van der Waals surface area contributed by atoms with Crippen molar-refractivity contribution in [1.82, 2.24) is 4.90 Å². The SMILES string of the molecule is CC1CCCN(CC(=O)c2ccc(I)cc2)C1=O. The molecule has 1 saturated heterocycles. The van der Waals surface area contributed by atoms with Gasteiger partial charge in [-0.15, -0.1) is 0 Å². The summed E-state index contributed by atoms with van der Waals surface area (Å²) < 4.78 is 1.10. The second-order valence-electron chi connectivity index (χ2n) is 4.73. The highest BCUT2D eigenvalue weighted by molar-refractivity contribution is 14.1. The molecule has 18 heavy (non-hydrogen) atoms. The van der Waals surface area contributed by atoms with E-state index in [0.717, 1.165) is 16.4 Å². The van der Waals surface area contributed by atoms with Gasteiger partial charge in [0.05, 0.1) is 6.54 Å². The third-order valence-corrected chi connectivity index (χ3v) is 4.02. The fraction of sp³-hybridized carbons (Fsp3) is 0.429. The molecule has 1 heterocycles. The van der Waals surface area contributed by atoms with Gasteiger partial charge in [-0.25, -0.2) is 0 Å². The Balaban J connectivity index is 2.03. The Kier molecular flexibility index (Phi) is 4.37. The lowest BCUT2D eigenvalue weighted by Crippen LogP contribution is -2.43. The first-order valence-electron chi connectivity index (χ1n) is 6.15. The Labute approximate surface area is 121 Å². The highest BCUT2D eigenvalue weighted by Gasteiger charge is 2.26. The minimum absolute atomic E-state index is 0.0221. The summed E-state index contributed by atoms with van der Waals surface area (Å²) in [6.07, 6.45) is 1.93. The van der Waals surface area contributed by atoms with Crippen LogP contribution >= 0.6 is 22.6 Å². The molecule has 4 heteroatoms. The van der Waals surface area contributed by atoms with Gasteiger partial charge in [0.2, 0.25) is 5.91 Å². The molecule has 0 saturated carbocycles. The number of rotatable bonds is 3. The normalized spacial score (nSPS) is 20.0. The lowest BCUT2D eigenvalue weighted by atomic mass is 9.98. The predicted molar refractivity (Wildman–Crippen MR) is 78.5 cm³/mol. The second kappa shape index (κ2) is 5.82.